The molecule has 2 amide bonds. The number of carbonyl (C=O) groups is 2. The minimum absolute atomic E-state index is 0.0364. The molecule has 0 radical (unpaired) electrons. The van der Waals surface area contributed by atoms with Gasteiger partial charge in [0, 0.05) is 22.3 Å². The number of azide groups is 1. The summed E-state index contributed by atoms with van der Waals surface area (Å²) in [5, 5.41) is 0. The molecule has 0 unspecified atom stereocenters. The van der Waals surface area contributed by atoms with Crippen molar-refractivity contribution in [2.75, 3.05) is 4.90 Å². The van der Waals surface area contributed by atoms with E-state index in [1.165, 1.54) is 24.3 Å². The average Bonchev–Trinajstić information content (AvgIpc) is 2.69. The molecule has 19 heavy (non-hydrogen) atoms. The van der Waals surface area contributed by atoms with Crippen molar-refractivity contribution >= 4 is 27.5 Å². The number of para-hydroxylation sites is 1. The van der Waals surface area contributed by atoms with Crippen LogP contribution in [0.5, 0.6) is 0 Å². The Morgan fingerprint density at radius 3 is 2.32 bits per heavy atom. The first kappa shape index (κ1) is 13.1. The second-order valence-electron chi connectivity index (χ2n) is 3.74. The lowest BCUT2D eigenvalue weighted by Gasteiger charge is -2.16. The van der Waals surface area contributed by atoms with Crippen LogP contribution in [0.3, 0.4) is 0 Å². The van der Waals surface area contributed by atoms with Gasteiger partial charge in [-0.25, -0.2) is 13.3 Å². The van der Waals surface area contributed by atoms with Gasteiger partial charge in [-0.3, -0.25) is 9.59 Å². The Bertz CT molecular complexity index is 690. The number of sulfonamides is 1. The summed E-state index contributed by atoms with van der Waals surface area (Å²) in [6, 6.07) is 5.40. The normalized spacial score (nSPS) is 15.5. The van der Waals surface area contributed by atoms with Crippen LogP contribution in [0.25, 0.3) is 10.4 Å². The molecule has 9 heteroatoms. The molecule has 1 aliphatic rings. The van der Waals surface area contributed by atoms with Gasteiger partial charge in [0.25, 0.3) is 10.0 Å². The monoisotopic (exact) mass is 280 g/mol. The van der Waals surface area contributed by atoms with Gasteiger partial charge in [-0.2, -0.15) is 0 Å². The summed E-state index contributed by atoms with van der Waals surface area (Å²) >= 11 is 0. The molecule has 1 aliphatic heterocycles. The number of amides is 2. The molecule has 98 valence electrons. The Morgan fingerprint density at radius 2 is 1.74 bits per heavy atom. The van der Waals surface area contributed by atoms with E-state index in [1.54, 1.807) is 0 Å². The van der Waals surface area contributed by atoms with E-state index in [0.717, 1.165) is 4.90 Å². The first-order valence-electron chi connectivity index (χ1n) is 5.23. The largest absolute Gasteiger partial charge is 0.274 e. The van der Waals surface area contributed by atoms with E-state index in [4.69, 9.17) is 5.53 Å². The maximum absolute atomic E-state index is 11.8. The van der Waals surface area contributed by atoms with Gasteiger partial charge in [0.05, 0.1) is 10.6 Å². The van der Waals surface area contributed by atoms with Gasteiger partial charge >= 0.3 is 0 Å². The zero-order chi connectivity index (χ0) is 14.0. The van der Waals surface area contributed by atoms with E-state index in [1.807, 2.05) is 0 Å². The van der Waals surface area contributed by atoms with Crippen LogP contribution in [-0.4, -0.2) is 20.2 Å². The lowest BCUT2D eigenvalue weighted by atomic mass is 10.3. The fourth-order valence-electron chi connectivity index (χ4n) is 1.80. The molecule has 0 bridgehead atoms. The van der Waals surface area contributed by atoms with Gasteiger partial charge < -0.3 is 0 Å². The Labute approximate surface area is 108 Å². The maximum atomic E-state index is 11.8. The van der Waals surface area contributed by atoms with Crippen molar-refractivity contribution in [2.45, 2.75) is 17.7 Å². The minimum atomic E-state index is -4.26. The van der Waals surface area contributed by atoms with Gasteiger partial charge in [-0.15, -0.1) is 0 Å². The Balaban J connectivity index is 2.63. The average molecular weight is 280 g/mol. The smallest absolute Gasteiger partial charge is 0.266 e. The molecule has 0 aliphatic carbocycles. The molecule has 0 aromatic heterocycles. The summed E-state index contributed by atoms with van der Waals surface area (Å²) in [6.45, 7) is 0. The van der Waals surface area contributed by atoms with Crippen LogP contribution in [0.1, 0.15) is 12.8 Å². The second kappa shape index (κ2) is 4.71. The fraction of sp³-hybridized carbons (Fsp3) is 0.200. The Kier molecular flexibility index (Phi) is 3.24. The van der Waals surface area contributed by atoms with Crippen LogP contribution < -0.4 is 4.90 Å². The third kappa shape index (κ3) is 2.28. The molecule has 0 N–H and O–H groups in total. The van der Waals surface area contributed by atoms with Crippen molar-refractivity contribution in [1.82, 2.24) is 0 Å². The number of benzene rings is 1. The van der Waals surface area contributed by atoms with Crippen LogP contribution in [-0.2, 0) is 19.6 Å². The van der Waals surface area contributed by atoms with Crippen LogP contribution in [0, 0.1) is 0 Å². The van der Waals surface area contributed by atoms with Crippen LogP contribution in [0.2, 0.25) is 0 Å². The van der Waals surface area contributed by atoms with Crippen molar-refractivity contribution in [3.8, 4) is 0 Å². The molecule has 1 saturated heterocycles. The van der Waals surface area contributed by atoms with Gasteiger partial charge in [0.1, 0.15) is 0 Å². The Morgan fingerprint density at radius 1 is 1.16 bits per heavy atom. The van der Waals surface area contributed by atoms with Crippen LogP contribution >= 0.6 is 0 Å². The van der Waals surface area contributed by atoms with Crippen molar-refractivity contribution in [3.05, 3.63) is 34.7 Å². The first-order valence-corrected chi connectivity index (χ1v) is 6.67. The minimum Gasteiger partial charge on any atom is -0.274 e. The number of anilines is 1. The predicted molar refractivity (Wildman–Crippen MR) is 64.5 cm³/mol. The SMILES string of the molecule is [N-]=[N+]=NS(=O)(=O)c1ccccc1N1C(=O)CCC1=O. The molecule has 0 spiro atoms. The molecule has 8 nitrogen and oxygen atoms in total. The van der Waals surface area contributed by atoms with Crippen molar-refractivity contribution in [1.29, 1.82) is 0 Å². The zero-order valence-electron chi connectivity index (χ0n) is 9.55. The highest BCUT2D eigenvalue weighted by Gasteiger charge is 2.33. The fourth-order valence-corrected chi connectivity index (χ4v) is 2.66. The van der Waals surface area contributed by atoms with E-state index in [-0.39, 0.29) is 23.4 Å². The third-order valence-electron chi connectivity index (χ3n) is 2.58. The lowest BCUT2D eigenvalue weighted by Crippen LogP contribution is -2.29. The molecule has 0 saturated carbocycles. The second-order valence-corrected chi connectivity index (χ2v) is 5.29. The quantitative estimate of drug-likeness (QED) is 0.359. The topological polar surface area (TPSA) is 120 Å². The number of carbonyl (C=O) groups excluding carboxylic acids is 2. The van der Waals surface area contributed by atoms with E-state index >= 15 is 0 Å². The molecule has 2 rings (SSSR count). The van der Waals surface area contributed by atoms with Crippen LogP contribution in [0.15, 0.2) is 33.7 Å². The number of nitrogens with zero attached hydrogens (tertiary/aromatic N) is 4. The molecule has 1 aromatic rings. The highest BCUT2D eigenvalue weighted by molar-refractivity contribution is 7.90. The van der Waals surface area contributed by atoms with Gasteiger partial charge in [0.2, 0.25) is 11.8 Å². The Hall–Kier alpha value is -2.38. The summed E-state index contributed by atoms with van der Waals surface area (Å²) in [7, 11) is -4.26. The molecule has 1 aromatic carbocycles. The third-order valence-corrected chi connectivity index (χ3v) is 3.77. The lowest BCUT2D eigenvalue weighted by molar-refractivity contribution is -0.121. The standard InChI is InChI=1S/C10H8N4O4S/c11-12-13-19(17,18)8-4-2-1-3-7(8)14-9(15)5-6-10(14)16/h1-4H,5-6H2. The molecular formula is C10H8N4O4S. The highest BCUT2D eigenvalue weighted by atomic mass is 32.2. The van der Waals surface area contributed by atoms with E-state index in [0.29, 0.717) is 0 Å². The first-order chi connectivity index (χ1) is 8.97. The van der Waals surface area contributed by atoms with Crippen molar-refractivity contribution in [3.63, 3.8) is 0 Å². The molecule has 1 heterocycles. The number of rotatable bonds is 3. The van der Waals surface area contributed by atoms with Crippen LogP contribution in [0.4, 0.5) is 5.69 Å². The van der Waals surface area contributed by atoms with Crippen molar-refractivity contribution in [2.24, 2.45) is 4.52 Å². The van der Waals surface area contributed by atoms with Crippen molar-refractivity contribution < 1.29 is 18.0 Å². The molecular weight excluding hydrogens is 272 g/mol. The summed E-state index contributed by atoms with van der Waals surface area (Å²) in [4.78, 5) is 25.9. The molecule has 0 atom stereocenters. The predicted octanol–water partition coefficient (Wildman–Crippen LogP) is 1.34. The van der Waals surface area contributed by atoms with Gasteiger partial charge in [0.15, 0.2) is 0 Å². The van der Waals surface area contributed by atoms with Gasteiger partial charge in [-0.05, 0) is 17.7 Å². The summed E-state index contributed by atoms with van der Waals surface area (Å²) < 4.78 is 26.2. The summed E-state index contributed by atoms with van der Waals surface area (Å²) in [6.07, 6.45) is 0.0729. The van der Waals surface area contributed by atoms with E-state index < -0.39 is 21.8 Å². The molecule has 1 fully saturated rings. The number of hydrogen-bond acceptors (Lipinski definition) is 4. The maximum Gasteiger partial charge on any atom is 0.266 e. The summed E-state index contributed by atoms with van der Waals surface area (Å²) in [5.41, 5.74) is 8.17. The summed E-state index contributed by atoms with van der Waals surface area (Å²) in [5.74, 6) is -0.956. The number of imide groups is 1. The number of hydrogen-bond donors (Lipinski definition) is 0. The zero-order valence-corrected chi connectivity index (χ0v) is 10.4. The van der Waals surface area contributed by atoms with Gasteiger partial charge in [-0.1, -0.05) is 12.1 Å². The van der Waals surface area contributed by atoms with E-state index in [2.05, 4.69) is 9.43 Å². The van der Waals surface area contributed by atoms with E-state index in [9.17, 15) is 18.0 Å². The highest BCUT2D eigenvalue weighted by Crippen LogP contribution is 2.30.